The van der Waals surface area contributed by atoms with Crippen molar-refractivity contribution < 1.29 is 14.3 Å². The van der Waals surface area contributed by atoms with E-state index in [1.807, 2.05) is 49.0 Å². The third-order valence-corrected chi connectivity index (χ3v) is 7.84. The minimum Gasteiger partial charge on any atom is -0.497 e. The summed E-state index contributed by atoms with van der Waals surface area (Å²) in [7, 11) is 1.61. The average molecular weight is 505 g/mol. The van der Waals surface area contributed by atoms with Crippen LogP contribution in [0.15, 0.2) is 71.6 Å². The van der Waals surface area contributed by atoms with Crippen LogP contribution in [0.3, 0.4) is 0 Å². The highest BCUT2D eigenvalue weighted by Gasteiger charge is 2.25. The zero-order chi connectivity index (χ0) is 24.5. The van der Waals surface area contributed by atoms with Gasteiger partial charge < -0.3 is 10.1 Å². The second-order valence-corrected chi connectivity index (χ2v) is 10.1. The topological polar surface area (TPSA) is 60.3 Å². The van der Waals surface area contributed by atoms with Crippen LogP contribution in [0, 0.1) is 6.92 Å². The Labute approximate surface area is 213 Å². The molecule has 5 rings (SSSR count). The number of rotatable bonds is 5. The highest BCUT2D eigenvalue weighted by atomic mass is 35.5. The summed E-state index contributed by atoms with van der Waals surface area (Å²) in [5.74, 6) is 1.40. The number of fused-ring (bicyclic) bond motifs is 2. The zero-order valence-corrected chi connectivity index (χ0v) is 21.1. The van der Waals surface area contributed by atoms with Gasteiger partial charge in [0.15, 0.2) is 0 Å². The maximum Gasteiger partial charge on any atom is 0.262 e. The summed E-state index contributed by atoms with van der Waals surface area (Å²) in [5.41, 5.74) is 3.99. The van der Waals surface area contributed by atoms with Crippen LogP contribution in [0.5, 0.6) is 5.75 Å². The first-order valence-electron chi connectivity index (χ1n) is 11.5. The maximum atomic E-state index is 13.5. The Morgan fingerprint density at radius 2 is 1.89 bits per heavy atom. The van der Waals surface area contributed by atoms with E-state index < -0.39 is 0 Å². The van der Waals surface area contributed by atoms with Gasteiger partial charge in [-0.3, -0.25) is 14.2 Å². The van der Waals surface area contributed by atoms with Gasteiger partial charge in [0.2, 0.25) is 5.91 Å². The average Bonchev–Trinajstić information content (AvgIpc) is 3.14. The molecule has 5 nitrogen and oxygen atoms in total. The van der Waals surface area contributed by atoms with Crippen molar-refractivity contribution in [3.63, 3.8) is 0 Å². The SMILES string of the molecule is COc1ccc2c(c1)c(CC(=O)NC1CCSc3ccccc31)c(C)n2C(=O)c1ccc(Cl)cc1. The summed E-state index contributed by atoms with van der Waals surface area (Å²) in [6.07, 6.45) is 1.05. The molecule has 178 valence electrons. The van der Waals surface area contributed by atoms with E-state index in [1.54, 1.807) is 35.9 Å². The fourth-order valence-corrected chi connectivity index (χ4v) is 5.94. The van der Waals surface area contributed by atoms with Crippen molar-refractivity contribution >= 4 is 46.1 Å². The number of hydrogen-bond donors (Lipinski definition) is 1. The van der Waals surface area contributed by atoms with Crippen LogP contribution in [0.25, 0.3) is 10.9 Å². The van der Waals surface area contributed by atoms with Crippen molar-refractivity contribution in [3.8, 4) is 5.75 Å². The predicted octanol–water partition coefficient (Wildman–Crippen LogP) is 6.20. The molecule has 1 amide bonds. The number of ether oxygens (including phenoxy) is 1. The molecule has 0 saturated heterocycles. The van der Waals surface area contributed by atoms with Crippen LogP contribution in [0.2, 0.25) is 5.02 Å². The molecular weight excluding hydrogens is 480 g/mol. The van der Waals surface area contributed by atoms with Crippen LogP contribution in [0.1, 0.15) is 39.6 Å². The number of aromatic nitrogens is 1. The van der Waals surface area contributed by atoms with Gasteiger partial charge in [0.25, 0.3) is 5.91 Å². The van der Waals surface area contributed by atoms with Crippen LogP contribution in [0.4, 0.5) is 0 Å². The van der Waals surface area contributed by atoms with Crippen LogP contribution in [-0.4, -0.2) is 29.2 Å². The van der Waals surface area contributed by atoms with Gasteiger partial charge in [-0.2, -0.15) is 0 Å². The van der Waals surface area contributed by atoms with Crippen LogP contribution in [-0.2, 0) is 11.2 Å². The van der Waals surface area contributed by atoms with E-state index >= 15 is 0 Å². The number of thioether (sulfide) groups is 1. The van der Waals surface area contributed by atoms with E-state index in [-0.39, 0.29) is 24.3 Å². The minimum atomic E-state index is -0.167. The highest BCUT2D eigenvalue weighted by Crippen LogP contribution is 2.36. The Morgan fingerprint density at radius 1 is 1.11 bits per heavy atom. The number of hydrogen-bond acceptors (Lipinski definition) is 4. The van der Waals surface area contributed by atoms with Crippen molar-refractivity contribution in [2.45, 2.75) is 30.7 Å². The first-order valence-corrected chi connectivity index (χ1v) is 12.8. The summed E-state index contributed by atoms with van der Waals surface area (Å²) < 4.78 is 7.11. The van der Waals surface area contributed by atoms with Crippen LogP contribution >= 0.6 is 23.4 Å². The number of halogens is 1. The lowest BCUT2D eigenvalue weighted by Gasteiger charge is -2.26. The third kappa shape index (κ3) is 4.56. The number of benzene rings is 3. The van der Waals surface area contributed by atoms with Crippen molar-refractivity contribution in [3.05, 3.63) is 94.1 Å². The van der Waals surface area contributed by atoms with E-state index in [0.717, 1.165) is 39.9 Å². The molecule has 1 aliphatic heterocycles. The summed E-state index contributed by atoms with van der Waals surface area (Å²) in [6.45, 7) is 1.88. The maximum absolute atomic E-state index is 13.5. The number of nitrogens with one attached hydrogen (secondary N) is 1. The van der Waals surface area contributed by atoms with Gasteiger partial charge in [-0.05, 0) is 73.0 Å². The summed E-state index contributed by atoms with van der Waals surface area (Å²) >= 11 is 7.84. The van der Waals surface area contributed by atoms with E-state index in [9.17, 15) is 9.59 Å². The standard InChI is InChI=1S/C28H25ClN2O3S/c1-17-22(16-27(32)30-24-13-14-35-26-6-4-3-5-21(24)26)23-15-20(34-2)11-12-25(23)31(17)28(33)18-7-9-19(29)10-8-18/h3-12,15,24H,13-14,16H2,1-2H3,(H,30,32). The van der Waals surface area contributed by atoms with E-state index in [0.29, 0.717) is 16.3 Å². The van der Waals surface area contributed by atoms with Gasteiger partial charge in [-0.15, -0.1) is 11.8 Å². The number of amides is 1. The number of nitrogens with zero attached hydrogens (tertiary/aromatic N) is 1. The first-order chi connectivity index (χ1) is 17.0. The fourth-order valence-electron chi connectivity index (χ4n) is 4.69. The summed E-state index contributed by atoms with van der Waals surface area (Å²) in [4.78, 5) is 28.0. The Balaban J connectivity index is 1.50. The lowest BCUT2D eigenvalue weighted by molar-refractivity contribution is -0.121. The van der Waals surface area contributed by atoms with Crippen molar-refractivity contribution in [2.24, 2.45) is 0 Å². The largest absolute Gasteiger partial charge is 0.497 e. The summed E-state index contributed by atoms with van der Waals surface area (Å²) in [5, 5.41) is 4.63. The molecule has 3 aromatic carbocycles. The normalized spacial score (nSPS) is 15.0. The molecule has 0 radical (unpaired) electrons. The van der Waals surface area contributed by atoms with Gasteiger partial charge in [0, 0.05) is 32.3 Å². The second kappa shape index (κ2) is 9.80. The van der Waals surface area contributed by atoms with Gasteiger partial charge in [0.05, 0.1) is 25.1 Å². The Hall–Kier alpha value is -3.22. The molecule has 1 aromatic heterocycles. The van der Waals surface area contributed by atoms with E-state index in [2.05, 4.69) is 17.4 Å². The van der Waals surface area contributed by atoms with Gasteiger partial charge in [-0.1, -0.05) is 29.8 Å². The quantitative estimate of drug-likeness (QED) is 0.351. The number of methoxy groups -OCH3 is 1. The molecule has 1 unspecified atom stereocenters. The zero-order valence-electron chi connectivity index (χ0n) is 19.5. The molecule has 0 fully saturated rings. The van der Waals surface area contributed by atoms with Crippen molar-refractivity contribution in [1.82, 2.24) is 9.88 Å². The van der Waals surface area contributed by atoms with Crippen LogP contribution < -0.4 is 10.1 Å². The molecular formula is C28H25ClN2O3S. The molecule has 1 N–H and O–H groups in total. The molecule has 7 heteroatoms. The fraction of sp³-hybridized carbons (Fsp3) is 0.214. The number of carbonyl (C=O) groups excluding carboxylic acids is 2. The highest BCUT2D eigenvalue weighted by molar-refractivity contribution is 7.99. The molecule has 4 aromatic rings. The predicted molar refractivity (Wildman–Crippen MR) is 141 cm³/mol. The molecule has 0 spiro atoms. The monoisotopic (exact) mass is 504 g/mol. The molecule has 1 aliphatic rings. The van der Waals surface area contributed by atoms with E-state index in [1.165, 1.54) is 4.90 Å². The van der Waals surface area contributed by atoms with E-state index in [4.69, 9.17) is 16.3 Å². The summed E-state index contributed by atoms with van der Waals surface area (Å²) in [6, 6.07) is 20.6. The third-order valence-electron chi connectivity index (χ3n) is 6.47. The second-order valence-electron chi connectivity index (χ2n) is 8.57. The lowest BCUT2D eigenvalue weighted by atomic mass is 10.0. The molecule has 0 bridgehead atoms. The smallest absolute Gasteiger partial charge is 0.262 e. The minimum absolute atomic E-state index is 0.0150. The lowest BCUT2D eigenvalue weighted by Crippen LogP contribution is -2.32. The van der Waals surface area contributed by atoms with Gasteiger partial charge in [-0.25, -0.2) is 0 Å². The first kappa shape index (κ1) is 23.5. The molecule has 35 heavy (non-hydrogen) atoms. The van der Waals surface area contributed by atoms with Crippen molar-refractivity contribution in [2.75, 3.05) is 12.9 Å². The molecule has 1 atom stereocenters. The Bertz CT molecular complexity index is 1430. The number of carbonyl (C=O) groups is 2. The molecule has 2 heterocycles. The Morgan fingerprint density at radius 3 is 2.66 bits per heavy atom. The molecule has 0 saturated carbocycles. The van der Waals surface area contributed by atoms with Crippen molar-refractivity contribution in [1.29, 1.82) is 0 Å². The van der Waals surface area contributed by atoms with Gasteiger partial charge >= 0.3 is 0 Å². The Kier molecular flexibility index (Phi) is 6.58. The molecule has 0 aliphatic carbocycles. The van der Waals surface area contributed by atoms with Gasteiger partial charge in [0.1, 0.15) is 5.75 Å².